The number of nitrogens with zero attached hydrogens (tertiary/aromatic N) is 3. The van der Waals surface area contributed by atoms with E-state index >= 15 is 0 Å². The monoisotopic (exact) mass is 340 g/mol. The van der Waals surface area contributed by atoms with Crippen molar-refractivity contribution >= 4 is 16.7 Å². The standard InChI is InChI=1S/C22H20N4/c1-14-6-7-16(11-15(14)2)17-8-9-20-19(12-17)22(23-3)26-21(25-20)18-5-4-10-24-13-18/h4-13H,1-3H3,(H,23,25,26). The fraction of sp³-hybridized carbons (Fsp3) is 0.136. The van der Waals surface area contributed by atoms with Crippen LogP contribution in [0.5, 0.6) is 0 Å². The van der Waals surface area contributed by atoms with Gasteiger partial charge >= 0.3 is 0 Å². The van der Waals surface area contributed by atoms with Crippen molar-refractivity contribution < 1.29 is 0 Å². The summed E-state index contributed by atoms with van der Waals surface area (Å²) in [6.45, 7) is 4.27. The first kappa shape index (κ1) is 16.2. The van der Waals surface area contributed by atoms with Gasteiger partial charge in [0.1, 0.15) is 5.82 Å². The third-order valence-electron chi connectivity index (χ3n) is 4.69. The highest BCUT2D eigenvalue weighted by atomic mass is 15.0. The molecule has 4 aromatic rings. The molecule has 0 bridgehead atoms. The molecule has 0 spiro atoms. The molecule has 0 aliphatic carbocycles. The van der Waals surface area contributed by atoms with Crippen molar-refractivity contribution in [1.29, 1.82) is 0 Å². The van der Waals surface area contributed by atoms with Gasteiger partial charge in [-0.2, -0.15) is 0 Å². The van der Waals surface area contributed by atoms with E-state index < -0.39 is 0 Å². The maximum Gasteiger partial charge on any atom is 0.163 e. The number of anilines is 1. The van der Waals surface area contributed by atoms with Crippen molar-refractivity contribution in [2.45, 2.75) is 13.8 Å². The highest BCUT2D eigenvalue weighted by Crippen LogP contribution is 2.30. The summed E-state index contributed by atoms with van der Waals surface area (Å²) in [5.41, 5.74) is 6.78. The van der Waals surface area contributed by atoms with E-state index in [-0.39, 0.29) is 0 Å². The van der Waals surface area contributed by atoms with Crippen LogP contribution < -0.4 is 5.32 Å². The molecule has 1 N–H and O–H groups in total. The van der Waals surface area contributed by atoms with Gasteiger partial charge in [-0.05, 0) is 60.4 Å². The molecule has 4 rings (SSSR count). The fourth-order valence-corrected chi connectivity index (χ4v) is 3.04. The van der Waals surface area contributed by atoms with Crippen LogP contribution in [0.3, 0.4) is 0 Å². The molecule has 0 aliphatic rings. The highest BCUT2D eigenvalue weighted by Gasteiger charge is 2.10. The van der Waals surface area contributed by atoms with Crippen LogP contribution in [-0.4, -0.2) is 22.0 Å². The smallest absolute Gasteiger partial charge is 0.163 e. The molecule has 4 heteroatoms. The SMILES string of the molecule is CNc1nc(-c2cccnc2)nc2ccc(-c3ccc(C)c(C)c3)cc12. The van der Waals surface area contributed by atoms with E-state index in [0.29, 0.717) is 5.82 Å². The van der Waals surface area contributed by atoms with Gasteiger partial charge in [0.25, 0.3) is 0 Å². The Labute approximate surface area is 153 Å². The Morgan fingerprint density at radius 2 is 1.62 bits per heavy atom. The first-order valence-electron chi connectivity index (χ1n) is 8.63. The van der Waals surface area contributed by atoms with Crippen LogP contribution in [0.25, 0.3) is 33.4 Å². The Hall–Kier alpha value is -3.27. The van der Waals surface area contributed by atoms with Crippen LogP contribution >= 0.6 is 0 Å². The predicted octanol–water partition coefficient (Wildman–Crippen LogP) is 5.02. The summed E-state index contributed by atoms with van der Waals surface area (Å²) in [5.74, 6) is 1.49. The molecule has 0 aliphatic heterocycles. The molecule has 0 unspecified atom stereocenters. The average Bonchev–Trinajstić information content (AvgIpc) is 2.69. The molecule has 0 radical (unpaired) electrons. The Bertz CT molecular complexity index is 1090. The number of hydrogen-bond acceptors (Lipinski definition) is 4. The average molecular weight is 340 g/mol. The zero-order chi connectivity index (χ0) is 18.1. The van der Waals surface area contributed by atoms with Crippen LogP contribution in [0, 0.1) is 13.8 Å². The van der Waals surface area contributed by atoms with Gasteiger partial charge in [0.2, 0.25) is 0 Å². The summed E-state index contributed by atoms with van der Waals surface area (Å²) >= 11 is 0. The summed E-state index contributed by atoms with van der Waals surface area (Å²) in [6.07, 6.45) is 3.53. The van der Waals surface area contributed by atoms with E-state index in [4.69, 9.17) is 9.97 Å². The second-order valence-electron chi connectivity index (χ2n) is 6.42. The number of benzene rings is 2. The van der Waals surface area contributed by atoms with Crippen molar-refractivity contribution in [1.82, 2.24) is 15.0 Å². The Morgan fingerprint density at radius 3 is 2.35 bits per heavy atom. The lowest BCUT2D eigenvalue weighted by molar-refractivity contribution is 1.20. The Morgan fingerprint density at radius 1 is 0.808 bits per heavy atom. The summed E-state index contributed by atoms with van der Waals surface area (Å²) < 4.78 is 0. The second-order valence-corrected chi connectivity index (χ2v) is 6.42. The molecule has 0 fully saturated rings. The van der Waals surface area contributed by atoms with Crippen LogP contribution in [0.4, 0.5) is 5.82 Å². The maximum atomic E-state index is 4.73. The molecule has 2 heterocycles. The van der Waals surface area contributed by atoms with E-state index in [1.54, 1.807) is 12.4 Å². The molecule has 128 valence electrons. The Balaban J connectivity index is 1.87. The van der Waals surface area contributed by atoms with E-state index in [0.717, 1.165) is 27.8 Å². The lowest BCUT2D eigenvalue weighted by atomic mass is 9.99. The van der Waals surface area contributed by atoms with Gasteiger partial charge in [0.15, 0.2) is 5.82 Å². The normalized spacial score (nSPS) is 10.9. The first-order valence-corrected chi connectivity index (χ1v) is 8.63. The number of hydrogen-bond donors (Lipinski definition) is 1. The minimum Gasteiger partial charge on any atom is -0.373 e. The molecule has 0 atom stereocenters. The predicted molar refractivity (Wildman–Crippen MR) is 107 cm³/mol. The van der Waals surface area contributed by atoms with Gasteiger partial charge < -0.3 is 5.32 Å². The number of nitrogens with one attached hydrogen (secondary N) is 1. The third-order valence-corrected chi connectivity index (χ3v) is 4.69. The zero-order valence-corrected chi connectivity index (χ0v) is 15.1. The number of fused-ring (bicyclic) bond motifs is 1. The van der Waals surface area contributed by atoms with Gasteiger partial charge in [-0.25, -0.2) is 9.97 Å². The van der Waals surface area contributed by atoms with Gasteiger partial charge in [0.05, 0.1) is 5.52 Å². The van der Waals surface area contributed by atoms with Gasteiger partial charge in [0, 0.05) is 30.4 Å². The van der Waals surface area contributed by atoms with Crippen LogP contribution in [0.2, 0.25) is 0 Å². The third kappa shape index (κ3) is 2.90. The molecular weight excluding hydrogens is 320 g/mol. The van der Waals surface area contributed by atoms with Crippen molar-refractivity contribution in [3.63, 3.8) is 0 Å². The number of aromatic nitrogens is 3. The molecule has 2 aromatic heterocycles. The van der Waals surface area contributed by atoms with Crippen LogP contribution in [0.1, 0.15) is 11.1 Å². The molecule has 2 aromatic carbocycles. The Kier molecular flexibility index (Phi) is 4.09. The minimum absolute atomic E-state index is 0.675. The van der Waals surface area contributed by atoms with E-state index in [9.17, 15) is 0 Å². The largest absolute Gasteiger partial charge is 0.373 e. The number of pyridine rings is 1. The quantitative estimate of drug-likeness (QED) is 0.569. The number of rotatable bonds is 3. The number of aryl methyl sites for hydroxylation is 2. The minimum atomic E-state index is 0.675. The van der Waals surface area contributed by atoms with Gasteiger partial charge in [-0.15, -0.1) is 0 Å². The van der Waals surface area contributed by atoms with E-state index in [1.165, 1.54) is 16.7 Å². The summed E-state index contributed by atoms with van der Waals surface area (Å²) in [6, 6.07) is 16.7. The van der Waals surface area contributed by atoms with Crippen molar-refractivity contribution in [2.75, 3.05) is 12.4 Å². The molecule has 0 amide bonds. The molecule has 0 saturated heterocycles. The van der Waals surface area contributed by atoms with Crippen molar-refractivity contribution in [3.8, 4) is 22.5 Å². The van der Waals surface area contributed by atoms with Crippen molar-refractivity contribution in [2.24, 2.45) is 0 Å². The fourth-order valence-electron chi connectivity index (χ4n) is 3.04. The van der Waals surface area contributed by atoms with Crippen LogP contribution in [0.15, 0.2) is 60.9 Å². The van der Waals surface area contributed by atoms with E-state index in [1.807, 2.05) is 19.2 Å². The van der Waals surface area contributed by atoms with Crippen LogP contribution in [-0.2, 0) is 0 Å². The van der Waals surface area contributed by atoms with E-state index in [2.05, 4.69) is 60.5 Å². The topological polar surface area (TPSA) is 50.7 Å². The lowest BCUT2D eigenvalue weighted by Crippen LogP contribution is -1.99. The summed E-state index contributed by atoms with van der Waals surface area (Å²) in [7, 11) is 1.89. The lowest BCUT2D eigenvalue weighted by Gasteiger charge is -2.11. The van der Waals surface area contributed by atoms with Crippen molar-refractivity contribution in [3.05, 3.63) is 72.1 Å². The zero-order valence-electron chi connectivity index (χ0n) is 15.1. The summed E-state index contributed by atoms with van der Waals surface area (Å²) in [5, 5.41) is 4.22. The first-order chi connectivity index (χ1) is 12.7. The molecular formula is C22H20N4. The second kappa shape index (κ2) is 6.56. The molecule has 0 saturated carbocycles. The molecule has 26 heavy (non-hydrogen) atoms. The van der Waals surface area contributed by atoms with Gasteiger partial charge in [-0.1, -0.05) is 24.3 Å². The van der Waals surface area contributed by atoms with Gasteiger partial charge in [-0.3, -0.25) is 4.98 Å². The maximum absolute atomic E-state index is 4.73. The highest BCUT2D eigenvalue weighted by molar-refractivity contribution is 5.93. The summed E-state index contributed by atoms with van der Waals surface area (Å²) in [4.78, 5) is 13.6. The molecule has 4 nitrogen and oxygen atoms in total.